The van der Waals surface area contributed by atoms with Crippen LogP contribution in [-0.4, -0.2) is 18.9 Å². The number of halogens is 2. The van der Waals surface area contributed by atoms with Crippen molar-refractivity contribution in [1.82, 2.24) is 5.32 Å². The second-order valence-corrected chi connectivity index (χ2v) is 5.91. The molecule has 1 unspecified atom stereocenters. The van der Waals surface area contributed by atoms with Gasteiger partial charge in [-0.05, 0) is 50.4 Å². The zero-order chi connectivity index (χ0) is 13.7. The molecule has 0 bridgehead atoms. The molecule has 0 aromatic heterocycles. The maximum absolute atomic E-state index is 12.1. The van der Waals surface area contributed by atoms with E-state index in [0.717, 1.165) is 31.8 Å². The Bertz CT molecular complexity index is 442. The number of Topliss-reactive ketones (excluding diaryl/α,β-unsaturated/α-hetero) is 1. The molecule has 0 spiro atoms. The first-order valence-electron chi connectivity index (χ1n) is 6.86. The van der Waals surface area contributed by atoms with Gasteiger partial charge in [-0.3, -0.25) is 4.79 Å². The molecule has 1 aliphatic heterocycles. The number of hydrogen-bond acceptors (Lipinski definition) is 2. The van der Waals surface area contributed by atoms with E-state index < -0.39 is 0 Å². The number of ketones is 1. The molecule has 1 aromatic carbocycles. The lowest BCUT2D eigenvalue weighted by atomic mass is 9.98. The van der Waals surface area contributed by atoms with Gasteiger partial charge in [-0.25, -0.2) is 0 Å². The first kappa shape index (κ1) is 14.8. The summed E-state index contributed by atoms with van der Waals surface area (Å²) in [5, 5.41) is 4.19. The fourth-order valence-corrected chi connectivity index (χ4v) is 2.94. The average Bonchev–Trinajstić information content (AvgIpc) is 2.91. The van der Waals surface area contributed by atoms with Crippen LogP contribution < -0.4 is 5.32 Å². The fourth-order valence-electron chi connectivity index (χ4n) is 2.53. The molecule has 1 atom stereocenters. The van der Waals surface area contributed by atoms with E-state index in [9.17, 15) is 4.79 Å². The van der Waals surface area contributed by atoms with Crippen LogP contribution in [0.15, 0.2) is 18.2 Å². The molecule has 1 saturated heterocycles. The zero-order valence-electron chi connectivity index (χ0n) is 10.9. The van der Waals surface area contributed by atoms with Crippen LogP contribution in [0, 0.1) is 5.92 Å². The van der Waals surface area contributed by atoms with Crippen LogP contribution in [0.5, 0.6) is 0 Å². The summed E-state index contributed by atoms with van der Waals surface area (Å²) >= 11 is 12.0. The van der Waals surface area contributed by atoms with Crippen LogP contribution in [0.25, 0.3) is 0 Å². The molecule has 4 heteroatoms. The summed E-state index contributed by atoms with van der Waals surface area (Å²) < 4.78 is 0. The summed E-state index contributed by atoms with van der Waals surface area (Å²) in [4.78, 5) is 12.1. The van der Waals surface area contributed by atoms with Gasteiger partial charge in [-0.15, -0.1) is 0 Å². The van der Waals surface area contributed by atoms with Gasteiger partial charge in [-0.2, -0.15) is 0 Å². The average molecular weight is 300 g/mol. The van der Waals surface area contributed by atoms with Crippen molar-refractivity contribution in [2.45, 2.75) is 32.1 Å². The summed E-state index contributed by atoms with van der Waals surface area (Å²) in [5.74, 6) is 0.891. The van der Waals surface area contributed by atoms with Gasteiger partial charge in [-0.1, -0.05) is 35.7 Å². The molecular formula is C15H19Cl2NO. The van der Waals surface area contributed by atoms with E-state index in [4.69, 9.17) is 23.2 Å². The topological polar surface area (TPSA) is 29.1 Å². The molecule has 0 radical (unpaired) electrons. The zero-order valence-corrected chi connectivity index (χ0v) is 12.4. The first-order chi connectivity index (χ1) is 9.18. The lowest BCUT2D eigenvalue weighted by Crippen LogP contribution is -2.09. The van der Waals surface area contributed by atoms with Crippen LogP contribution in [0.1, 0.15) is 42.5 Å². The van der Waals surface area contributed by atoms with Crippen molar-refractivity contribution in [2.75, 3.05) is 13.1 Å². The lowest BCUT2D eigenvalue weighted by Gasteiger charge is -2.08. The van der Waals surface area contributed by atoms with Crippen molar-refractivity contribution >= 4 is 29.0 Å². The second kappa shape index (κ2) is 7.28. The molecule has 104 valence electrons. The number of carbonyl (C=O) groups excluding carboxylic acids is 1. The Hall–Kier alpha value is -0.570. The Labute approximate surface area is 124 Å². The van der Waals surface area contributed by atoms with Crippen molar-refractivity contribution in [3.63, 3.8) is 0 Å². The van der Waals surface area contributed by atoms with Crippen molar-refractivity contribution in [1.29, 1.82) is 0 Å². The molecule has 1 fully saturated rings. The number of hydrogen-bond donors (Lipinski definition) is 1. The molecule has 2 rings (SSSR count). The van der Waals surface area contributed by atoms with Crippen LogP contribution >= 0.6 is 23.2 Å². The van der Waals surface area contributed by atoms with E-state index in [-0.39, 0.29) is 5.78 Å². The third kappa shape index (κ3) is 4.20. The highest BCUT2D eigenvalue weighted by Crippen LogP contribution is 2.27. The predicted octanol–water partition coefficient (Wildman–Crippen LogP) is 4.35. The minimum Gasteiger partial charge on any atom is -0.316 e. The van der Waals surface area contributed by atoms with Crippen LogP contribution in [0.2, 0.25) is 10.0 Å². The Kier molecular flexibility index (Phi) is 5.68. The number of unbranched alkanes of at least 4 members (excludes halogenated alkanes) is 1. The lowest BCUT2D eigenvalue weighted by molar-refractivity contribution is 0.0979. The van der Waals surface area contributed by atoms with Crippen molar-refractivity contribution in [2.24, 2.45) is 5.92 Å². The van der Waals surface area contributed by atoms with Crippen LogP contribution in [0.3, 0.4) is 0 Å². The molecule has 1 aliphatic rings. The van der Waals surface area contributed by atoms with Crippen LogP contribution in [0.4, 0.5) is 0 Å². The van der Waals surface area contributed by atoms with Gasteiger partial charge in [0.1, 0.15) is 0 Å². The van der Waals surface area contributed by atoms with E-state index in [0.29, 0.717) is 22.0 Å². The number of rotatable bonds is 6. The van der Waals surface area contributed by atoms with Gasteiger partial charge in [0.2, 0.25) is 0 Å². The second-order valence-electron chi connectivity index (χ2n) is 5.13. The third-order valence-corrected chi connectivity index (χ3v) is 4.50. The van der Waals surface area contributed by atoms with Gasteiger partial charge in [0.15, 0.2) is 5.78 Å². The Balaban J connectivity index is 1.76. The summed E-state index contributed by atoms with van der Waals surface area (Å²) in [5.41, 5.74) is 0.552. The van der Waals surface area contributed by atoms with Crippen molar-refractivity contribution < 1.29 is 4.79 Å². The summed E-state index contributed by atoms with van der Waals surface area (Å²) in [6.45, 7) is 2.27. The fraction of sp³-hybridized carbons (Fsp3) is 0.533. The molecule has 1 aromatic rings. The SMILES string of the molecule is O=C(CCCCC1CCNC1)c1cccc(Cl)c1Cl. The van der Waals surface area contributed by atoms with Crippen molar-refractivity contribution in [3.8, 4) is 0 Å². The summed E-state index contributed by atoms with van der Waals surface area (Å²) in [7, 11) is 0. The Morgan fingerprint density at radius 1 is 1.32 bits per heavy atom. The molecule has 0 amide bonds. The standard InChI is InChI=1S/C15H19Cl2NO/c16-13-6-3-5-12(15(13)17)14(19)7-2-1-4-11-8-9-18-10-11/h3,5-6,11,18H,1-2,4,7-10H2. The minimum absolute atomic E-state index is 0.0945. The maximum atomic E-state index is 12.1. The van der Waals surface area contributed by atoms with Gasteiger partial charge in [0, 0.05) is 12.0 Å². The predicted molar refractivity (Wildman–Crippen MR) is 80.2 cm³/mol. The van der Waals surface area contributed by atoms with E-state index in [1.807, 2.05) is 0 Å². The summed E-state index contributed by atoms with van der Waals surface area (Å²) in [6, 6.07) is 5.22. The number of nitrogens with one attached hydrogen (secondary N) is 1. The Morgan fingerprint density at radius 3 is 2.89 bits per heavy atom. The minimum atomic E-state index is 0.0945. The van der Waals surface area contributed by atoms with E-state index in [1.165, 1.54) is 12.8 Å². The third-order valence-electron chi connectivity index (χ3n) is 3.68. The molecule has 0 aliphatic carbocycles. The smallest absolute Gasteiger partial charge is 0.164 e. The normalized spacial score (nSPS) is 18.7. The van der Waals surface area contributed by atoms with Crippen LogP contribution in [-0.2, 0) is 0 Å². The maximum Gasteiger partial charge on any atom is 0.164 e. The van der Waals surface area contributed by atoms with E-state index >= 15 is 0 Å². The quantitative estimate of drug-likeness (QED) is 0.625. The molecule has 1 heterocycles. The largest absolute Gasteiger partial charge is 0.316 e. The molecule has 1 N–H and O–H groups in total. The van der Waals surface area contributed by atoms with Gasteiger partial charge < -0.3 is 5.32 Å². The number of carbonyl (C=O) groups is 1. The van der Waals surface area contributed by atoms with E-state index in [2.05, 4.69) is 5.32 Å². The monoisotopic (exact) mass is 299 g/mol. The Morgan fingerprint density at radius 2 is 2.16 bits per heavy atom. The van der Waals surface area contributed by atoms with Gasteiger partial charge >= 0.3 is 0 Å². The van der Waals surface area contributed by atoms with Crippen molar-refractivity contribution in [3.05, 3.63) is 33.8 Å². The highest BCUT2D eigenvalue weighted by atomic mass is 35.5. The van der Waals surface area contributed by atoms with E-state index in [1.54, 1.807) is 18.2 Å². The van der Waals surface area contributed by atoms with Gasteiger partial charge in [0.25, 0.3) is 0 Å². The molecule has 0 saturated carbocycles. The summed E-state index contributed by atoms with van der Waals surface area (Å²) in [6.07, 6.45) is 5.08. The molecular weight excluding hydrogens is 281 g/mol. The highest BCUT2D eigenvalue weighted by Gasteiger charge is 2.15. The number of benzene rings is 1. The highest BCUT2D eigenvalue weighted by molar-refractivity contribution is 6.43. The molecule has 2 nitrogen and oxygen atoms in total. The molecule has 19 heavy (non-hydrogen) atoms. The first-order valence-corrected chi connectivity index (χ1v) is 7.62. The van der Waals surface area contributed by atoms with Gasteiger partial charge in [0.05, 0.1) is 10.0 Å².